The Balaban J connectivity index is 1.44. The fourth-order valence-electron chi connectivity index (χ4n) is 2.05. The zero-order chi connectivity index (χ0) is 10.3. The van der Waals surface area contributed by atoms with Gasteiger partial charge in [-0.2, -0.15) is 0 Å². The Labute approximate surface area is 93.2 Å². The Hall–Kier alpha value is -0.120. The first-order valence-electron chi connectivity index (χ1n) is 6.46. The van der Waals surface area contributed by atoms with Crippen LogP contribution in [0.5, 0.6) is 0 Å². The molecule has 2 aliphatic rings. The summed E-state index contributed by atoms with van der Waals surface area (Å²) >= 11 is 0. The lowest BCUT2D eigenvalue weighted by Crippen LogP contribution is -2.29. The molecule has 3 heteroatoms. The zero-order valence-electron chi connectivity index (χ0n) is 9.71. The minimum atomic E-state index is 0.910. The van der Waals surface area contributed by atoms with Crippen LogP contribution in [0.4, 0.5) is 0 Å². The first-order chi connectivity index (χ1) is 7.45. The molecule has 0 aromatic heterocycles. The third-order valence-corrected chi connectivity index (χ3v) is 3.25. The molecule has 2 fully saturated rings. The lowest BCUT2D eigenvalue weighted by atomic mass is 10.3. The van der Waals surface area contributed by atoms with Gasteiger partial charge in [0.15, 0.2) is 0 Å². The third-order valence-electron chi connectivity index (χ3n) is 3.25. The van der Waals surface area contributed by atoms with Crippen LogP contribution in [-0.4, -0.2) is 50.8 Å². The van der Waals surface area contributed by atoms with Crippen molar-refractivity contribution in [3.05, 3.63) is 0 Å². The lowest BCUT2D eigenvalue weighted by molar-refractivity contribution is 0.113. The number of rotatable bonds is 6. The Kier molecular flexibility index (Phi) is 4.90. The van der Waals surface area contributed by atoms with Gasteiger partial charge in [0.2, 0.25) is 0 Å². The summed E-state index contributed by atoms with van der Waals surface area (Å²) < 4.78 is 5.64. The van der Waals surface area contributed by atoms with Gasteiger partial charge in [0.1, 0.15) is 0 Å². The predicted molar refractivity (Wildman–Crippen MR) is 62.1 cm³/mol. The summed E-state index contributed by atoms with van der Waals surface area (Å²) in [4.78, 5) is 2.56. The Morgan fingerprint density at radius 1 is 1.20 bits per heavy atom. The summed E-state index contributed by atoms with van der Waals surface area (Å²) in [7, 11) is 0. The summed E-state index contributed by atoms with van der Waals surface area (Å²) in [5.41, 5.74) is 0. The molecule has 1 aliphatic carbocycles. The molecule has 3 nitrogen and oxygen atoms in total. The maximum Gasteiger partial charge on any atom is 0.0494 e. The van der Waals surface area contributed by atoms with Crippen LogP contribution >= 0.6 is 0 Å². The Bertz CT molecular complexity index is 163. The number of nitrogens with one attached hydrogen (secondary N) is 1. The van der Waals surface area contributed by atoms with Gasteiger partial charge in [0, 0.05) is 32.8 Å². The molecule has 1 saturated carbocycles. The van der Waals surface area contributed by atoms with E-state index in [1.54, 1.807) is 0 Å². The quantitative estimate of drug-likeness (QED) is 0.667. The molecule has 15 heavy (non-hydrogen) atoms. The SMILES string of the molecule is C1CNCCN(CCCOCC2CC2)C1. The largest absolute Gasteiger partial charge is 0.381 e. The van der Waals surface area contributed by atoms with Crippen molar-refractivity contribution in [3.8, 4) is 0 Å². The average Bonchev–Trinajstić information content (AvgIpc) is 3.03. The molecule has 0 unspecified atom stereocenters. The second kappa shape index (κ2) is 6.46. The van der Waals surface area contributed by atoms with Crippen molar-refractivity contribution < 1.29 is 4.74 Å². The molecular formula is C12H24N2O. The number of ether oxygens (including phenoxy) is 1. The topological polar surface area (TPSA) is 24.5 Å². The summed E-state index contributed by atoms with van der Waals surface area (Å²) in [5.74, 6) is 0.910. The second-order valence-electron chi connectivity index (χ2n) is 4.82. The highest BCUT2D eigenvalue weighted by molar-refractivity contribution is 4.72. The maximum absolute atomic E-state index is 5.64. The van der Waals surface area contributed by atoms with Crippen molar-refractivity contribution >= 4 is 0 Å². The number of nitrogens with zero attached hydrogens (tertiary/aromatic N) is 1. The van der Waals surface area contributed by atoms with Gasteiger partial charge in [-0.05, 0) is 44.7 Å². The molecule has 2 rings (SSSR count). The third kappa shape index (κ3) is 4.96. The van der Waals surface area contributed by atoms with Gasteiger partial charge in [0.05, 0.1) is 0 Å². The Morgan fingerprint density at radius 3 is 3.00 bits per heavy atom. The molecule has 1 saturated heterocycles. The van der Waals surface area contributed by atoms with Crippen LogP contribution in [0.25, 0.3) is 0 Å². The van der Waals surface area contributed by atoms with Crippen LogP contribution in [-0.2, 0) is 4.74 Å². The van der Waals surface area contributed by atoms with E-state index in [4.69, 9.17) is 4.74 Å². The summed E-state index contributed by atoms with van der Waals surface area (Å²) in [6.45, 7) is 8.00. The van der Waals surface area contributed by atoms with Gasteiger partial charge in [-0.1, -0.05) is 0 Å². The van der Waals surface area contributed by atoms with Crippen molar-refractivity contribution in [2.24, 2.45) is 5.92 Å². The van der Waals surface area contributed by atoms with E-state index < -0.39 is 0 Å². The van der Waals surface area contributed by atoms with E-state index in [0.717, 1.165) is 25.7 Å². The molecule has 88 valence electrons. The molecule has 1 aliphatic heterocycles. The fourth-order valence-corrected chi connectivity index (χ4v) is 2.05. The van der Waals surface area contributed by atoms with Crippen LogP contribution in [0.2, 0.25) is 0 Å². The van der Waals surface area contributed by atoms with Crippen LogP contribution in [0, 0.1) is 5.92 Å². The van der Waals surface area contributed by atoms with Crippen LogP contribution in [0.15, 0.2) is 0 Å². The van der Waals surface area contributed by atoms with Crippen molar-refractivity contribution in [1.29, 1.82) is 0 Å². The van der Waals surface area contributed by atoms with Gasteiger partial charge in [-0.25, -0.2) is 0 Å². The van der Waals surface area contributed by atoms with E-state index in [1.807, 2.05) is 0 Å². The molecular weight excluding hydrogens is 188 g/mol. The minimum Gasteiger partial charge on any atom is -0.381 e. The average molecular weight is 212 g/mol. The normalized spacial score (nSPS) is 24.0. The molecule has 0 aromatic rings. The van der Waals surface area contributed by atoms with Gasteiger partial charge >= 0.3 is 0 Å². The van der Waals surface area contributed by atoms with Crippen molar-refractivity contribution in [2.45, 2.75) is 25.7 Å². The molecule has 0 amide bonds. The summed E-state index contributed by atoms with van der Waals surface area (Å²) in [5, 5.41) is 3.43. The van der Waals surface area contributed by atoms with E-state index in [-0.39, 0.29) is 0 Å². The summed E-state index contributed by atoms with van der Waals surface area (Å²) in [6.07, 6.45) is 5.30. The molecule has 0 spiro atoms. The lowest BCUT2D eigenvalue weighted by Gasteiger charge is -2.18. The highest BCUT2D eigenvalue weighted by atomic mass is 16.5. The van der Waals surface area contributed by atoms with Crippen molar-refractivity contribution in [1.82, 2.24) is 10.2 Å². The Morgan fingerprint density at radius 2 is 2.13 bits per heavy atom. The van der Waals surface area contributed by atoms with Crippen molar-refractivity contribution in [3.63, 3.8) is 0 Å². The van der Waals surface area contributed by atoms with E-state index in [2.05, 4.69) is 10.2 Å². The smallest absolute Gasteiger partial charge is 0.0494 e. The highest BCUT2D eigenvalue weighted by Crippen LogP contribution is 2.28. The van der Waals surface area contributed by atoms with Crippen molar-refractivity contribution in [2.75, 3.05) is 45.9 Å². The summed E-state index contributed by atoms with van der Waals surface area (Å²) in [6, 6.07) is 0. The standard InChI is InChI=1S/C12H24N2O/c1-5-13-6-9-14(7-1)8-2-10-15-11-12-3-4-12/h12-13H,1-11H2. The fraction of sp³-hybridized carbons (Fsp3) is 1.00. The molecule has 1 heterocycles. The molecule has 0 aromatic carbocycles. The molecule has 0 atom stereocenters. The van der Waals surface area contributed by atoms with Gasteiger partial charge in [-0.3, -0.25) is 0 Å². The predicted octanol–water partition coefficient (Wildman–Crippen LogP) is 1.10. The minimum absolute atomic E-state index is 0.910. The van der Waals surface area contributed by atoms with E-state index >= 15 is 0 Å². The number of hydrogen-bond acceptors (Lipinski definition) is 3. The van der Waals surface area contributed by atoms with Crippen LogP contribution in [0.3, 0.4) is 0 Å². The van der Waals surface area contributed by atoms with Gasteiger partial charge < -0.3 is 15.0 Å². The van der Waals surface area contributed by atoms with E-state index in [0.29, 0.717) is 0 Å². The maximum atomic E-state index is 5.64. The highest BCUT2D eigenvalue weighted by Gasteiger charge is 2.20. The first kappa shape index (κ1) is 11.4. The monoisotopic (exact) mass is 212 g/mol. The van der Waals surface area contributed by atoms with Gasteiger partial charge in [-0.15, -0.1) is 0 Å². The van der Waals surface area contributed by atoms with Crippen LogP contribution in [0.1, 0.15) is 25.7 Å². The van der Waals surface area contributed by atoms with Gasteiger partial charge in [0.25, 0.3) is 0 Å². The van der Waals surface area contributed by atoms with E-state index in [9.17, 15) is 0 Å². The second-order valence-corrected chi connectivity index (χ2v) is 4.82. The van der Waals surface area contributed by atoms with Crippen LogP contribution < -0.4 is 5.32 Å². The molecule has 0 radical (unpaired) electrons. The molecule has 0 bridgehead atoms. The zero-order valence-corrected chi connectivity index (χ0v) is 9.71. The molecule has 1 N–H and O–H groups in total. The number of hydrogen-bond donors (Lipinski definition) is 1. The first-order valence-corrected chi connectivity index (χ1v) is 6.46. The van der Waals surface area contributed by atoms with E-state index in [1.165, 1.54) is 51.9 Å².